The van der Waals surface area contributed by atoms with Gasteiger partial charge in [-0.15, -0.1) is 0 Å². The van der Waals surface area contributed by atoms with Crippen LogP contribution in [0.1, 0.15) is 19.3 Å². The van der Waals surface area contributed by atoms with E-state index in [1.54, 1.807) is 0 Å². The summed E-state index contributed by atoms with van der Waals surface area (Å²) in [6.07, 6.45) is 2.95. The molecule has 2 aliphatic rings. The average molecular weight is 211 g/mol. The summed E-state index contributed by atoms with van der Waals surface area (Å²) in [5, 5.41) is 0. The highest BCUT2D eigenvalue weighted by Gasteiger charge is 2.38. The van der Waals surface area contributed by atoms with E-state index in [4.69, 9.17) is 5.73 Å². The average Bonchev–Trinajstić information content (AvgIpc) is 2.99. The fourth-order valence-electron chi connectivity index (χ4n) is 1.91. The molecule has 0 unspecified atom stereocenters. The van der Waals surface area contributed by atoms with E-state index in [1.807, 2.05) is 4.90 Å². The molecule has 2 fully saturated rings. The molecule has 5 nitrogen and oxygen atoms in total. The van der Waals surface area contributed by atoms with Crippen LogP contribution in [-0.2, 0) is 9.59 Å². The molecule has 0 aromatic heterocycles. The van der Waals surface area contributed by atoms with Crippen molar-refractivity contribution < 1.29 is 9.59 Å². The Bertz CT molecular complexity index is 258. The van der Waals surface area contributed by atoms with Crippen LogP contribution in [0, 0.1) is 0 Å². The molecule has 1 saturated carbocycles. The molecule has 15 heavy (non-hydrogen) atoms. The van der Waals surface area contributed by atoms with Gasteiger partial charge < -0.3 is 5.73 Å². The Kier molecular flexibility index (Phi) is 3.02. The van der Waals surface area contributed by atoms with Crippen molar-refractivity contribution in [1.82, 2.24) is 9.80 Å². The minimum Gasteiger partial charge on any atom is -0.330 e. The Morgan fingerprint density at radius 3 is 2.27 bits per heavy atom. The number of hydrogen-bond acceptors (Lipinski definition) is 4. The number of rotatable bonds is 4. The monoisotopic (exact) mass is 211 g/mol. The molecule has 2 amide bonds. The summed E-state index contributed by atoms with van der Waals surface area (Å²) in [7, 11) is 0. The standard InChI is InChI=1S/C10H17N3O2/c11-4-1-5-13-9(14)6-12(7-10(13)15)8-2-3-8/h8H,1-7,11H2. The van der Waals surface area contributed by atoms with Gasteiger partial charge >= 0.3 is 0 Å². The summed E-state index contributed by atoms with van der Waals surface area (Å²) < 4.78 is 0. The van der Waals surface area contributed by atoms with Gasteiger partial charge in [0, 0.05) is 12.6 Å². The zero-order valence-electron chi connectivity index (χ0n) is 8.82. The SMILES string of the molecule is NCCCN1C(=O)CN(C2CC2)CC1=O. The highest BCUT2D eigenvalue weighted by atomic mass is 16.2. The van der Waals surface area contributed by atoms with E-state index in [-0.39, 0.29) is 11.8 Å². The topological polar surface area (TPSA) is 66.6 Å². The van der Waals surface area contributed by atoms with E-state index in [0.717, 1.165) is 12.8 Å². The summed E-state index contributed by atoms with van der Waals surface area (Å²) >= 11 is 0. The molecule has 0 aromatic rings. The van der Waals surface area contributed by atoms with Gasteiger partial charge in [-0.1, -0.05) is 0 Å². The number of piperazine rings is 1. The number of hydrogen-bond donors (Lipinski definition) is 1. The van der Waals surface area contributed by atoms with Gasteiger partial charge in [-0.2, -0.15) is 0 Å². The molecule has 2 N–H and O–H groups in total. The second kappa shape index (κ2) is 4.28. The molecule has 0 aromatic carbocycles. The first-order valence-corrected chi connectivity index (χ1v) is 5.49. The van der Waals surface area contributed by atoms with Crippen molar-refractivity contribution in [2.24, 2.45) is 5.73 Å². The molecular weight excluding hydrogens is 194 g/mol. The summed E-state index contributed by atoms with van der Waals surface area (Å²) in [5.41, 5.74) is 5.36. The minimum atomic E-state index is -0.0633. The second-order valence-corrected chi connectivity index (χ2v) is 4.22. The van der Waals surface area contributed by atoms with Crippen LogP contribution >= 0.6 is 0 Å². The van der Waals surface area contributed by atoms with Crippen molar-refractivity contribution in [3.05, 3.63) is 0 Å². The van der Waals surface area contributed by atoms with Gasteiger partial charge in [-0.05, 0) is 25.8 Å². The Hall–Kier alpha value is -0.940. The Morgan fingerprint density at radius 1 is 1.20 bits per heavy atom. The maximum atomic E-state index is 11.7. The van der Waals surface area contributed by atoms with Crippen LogP contribution in [0.2, 0.25) is 0 Å². The highest BCUT2D eigenvalue weighted by molar-refractivity contribution is 5.99. The number of amides is 2. The third-order valence-electron chi connectivity index (χ3n) is 2.93. The van der Waals surface area contributed by atoms with Gasteiger partial charge in [0.2, 0.25) is 11.8 Å². The van der Waals surface area contributed by atoms with Crippen molar-refractivity contribution in [2.45, 2.75) is 25.3 Å². The Morgan fingerprint density at radius 2 is 1.80 bits per heavy atom. The lowest BCUT2D eigenvalue weighted by molar-refractivity contribution is -0.151. The maximum absolute atomic E-state index is 11.7. The summed E-state index contributed by atoms with van der Waals surface area (Å²) in [6, 6.07) is 0.481. The van der Waals surface area contributed by atoms with E-state index in [1.165, 1.54) is 4.90 Å². The molecular formula is C10H17N3O2. The van der Waals surface area contributed by atoms with Crippen LogP contribution in [0.4, 0.5) is 0 Å². The zero-order valence-corrected chi connectivity index (χ0v) is 8.82. The molecule has 1 heterocycles. The number of nitrogens with zero attached hydrogens (tertiary/aromatic N) is 2. The third kappa shape index (κ3) is 2.35. The molecule has 5 heteroatoms. The zero-order chi connectivity index (χ0) is 10.8. The number of carbonyl (C=O) groups excluding carboxylic acids is 2. The quantitative estimate of drug-likeness (QED) is 0.616. The first-order valence-electron chi connectivity index (χ1n) is 5.49. The molecule has 0 atom stereocenters. The van der Waals surface area contributed by atoms with Crippen molar-refractivity contribution in [2.75, 3.05) is 26.2 Å². The lowest BCUT2D eigenvalue weighted by atomic mass is 10.2. The Labute approximate surface area is 89.2 Å². The predicted octanol–water partition coefficient (Wildman–Crippen LogP) is -0.832. The number of nitrogens with two attached hydrogens (primary N) is 1. The fraction of sp³-hybridized carbons (Fsp3) is 0.800. The molecule has 0 spiro atoms. The van der Waals surface area contributed by atoms with Gasteiger partial charge in [-0.25, -0.2) is 0 Å². The summed E-state index contributed by atoms with van der Waals surface area (Å²) in [6.45, 7) is 1.80. The highest BCUT2D eigenvalue weighted by Crippen LogP contribution is 2.27. The first-order chi connectivity index (χ1) is 7.22. The van der Waals surface area contributed by atoms with Crippen LogP contribution in [-0.4, -0.2) is 53.8 Å². The maximum Gasteiger partial charge on any atom is 0.243 e. The molecule has 1 aliphatic carbocycles. The van der Waals surface area contributed by atoms with E-state index in [9.17, 15) is 9.59 Å². The minimum absolute atomic E-state index is 0.0633. The normalized spacial score (nSPS) is 23.7. The Balaban J connectivity index is 1.91. The molecule has 1 saturated heterocycles. The van der Waals surface area contributed by atoms with E-state index in [0.29, 0.717) is 38.6 Å². The molecule has 0 bridgehead atoms. The van der Waals surface area contributed by atoms with Gasteiger partial charge in [0.05, 0.1) is 13.1 Å². The summed E-state index contributed by atoms with van der Waals surface area (Å²) in [5.74, 6) is -0.127. The smallest absolute Gasteiger partial charge is 0.243 e. The number of imide groups is 1. The third-order valence-corrected chi connectivity index (χ3v) is 2.93. The van der Waals surface area contributed by atoms with Gasteiger partial charge in [-0.3, -0.25) is 19.4 Å². The van der Waals surface area contributed by atoms with Crippen LogP contribution in [0.5, 0.6) is 0 Å². The van der Waals surface area contributed by atoms with Crippen LogP contribution in [0.15, 0.2) is 0 Å². The van der Waals surface area contributed by atoms with Crippen molar-refractivity contribution in [3.63, 3.8) is 0 Å². The van der Waals surface area contributed by atoms with Crippen molar-refractivity contribution in [3.8, 4) is 0 Å². The fourth-order valence-corrected chi connectivity index (χ4v) is 1.91. The van der Waals surface area contributed by atoms with E-state index >= 15 is 0 Å². The molecule has 84 valence electrons. The summed E-state index contributed by atoms with van der Waals surface area (Å²) in [4.78, 5) is 26.7. The van der Waals surface area contributed by atoms with Crippen LogP contribution in [0.3, 0.4) is 0 Å². The largest absolute Gasteiger partial charge is 0.330 e. The van der Waals surface area contributed by atoms with Gasteiger partial charge in [0.25, 0.3) is 0 Å². The second-order valence-electron chi connectivity index (χ2n) is 4.22. The van der Waals surface area contributed by atoms with Gasteiger partial charge in [0.1, 0.15) is 0 Å². The van der Waals surface area contributed by atoms with Gasteiger partial charge in [0.15, 0.2) is 0 Å². The molecule has 0 radical (unpaired) electrons. The van der Waals surface area contributed by atoms with E-state index in [2.05, 4.69) is 0 Å². The lowest BCUT2D eigenvalue weighted by Crippen LogP contribution is -2.54. The first kappa shape index (κ1) is 10.6. The molecule has 1 aliphatic heterocycles. The number of carbonyl (C=O) groups is 2. The van der Waals surface area contributed by atoms with E-state index < -0.39 is 0 Å². The van der Waals surface area contributed by atoms with Crippen molar-refractivity contribution in [1.29, 1.82) is 0 Å². The van der Waals surface area contributed by atoms with Crippen LogP contribution in [0.25, 0.3) is 0 Å². The van der Waals surface area contributed by atoms with Crippen LogP contribution < -0.4 is 5.73 Å². The molecule has 2 rings (SSSR count). The predicted molar refractivity (Wildman–Crippen MR) is 55.0 cm³/mol. The lowest BCUT2D eigenvalue weighted by Gasteiger charge is -2.32. The van der Waals surface area contributed by atoms with Crippen molar-refractivity contribution >= 4 is 11.8 Å².